The lowest BCUT2D eigenvalue weighted by Gasteiger charge is -2.20. The molecule has 19 heavy (non-hydrogen) atoms. The van der Waals surface area contributed by atoms with E-state index in [0.29, 0.717) is 0 Å². The second-order valence-corrected chi connectivity index (χ2v) is 4.38. The molecule has 2 heterocycles. The summed E-state index contributed by atoms with van der Waals surface area (Å²) in [6.45, 7) is 5.04. The maximum absolute atomic E-state index is 5.25. The number of nitrogens with one attached hydrogen (secondary N) is 1. The number of rotatable bonds is 5. The number of ether oxygens (including phenoxy) is 1. The molecule has 0 aliphatic heterocycles. The van der Waals surface area contributed by atoms with Gasteiger partial charge in [0.15, 0.2) is 0 Å². The highest BCUT2D eigenvalue weighted by Gasteiger charge is 2.16. The third kappa shape index (κ3) is 3.09. The Bertz CT molecular complexity index is 542. The molecule has 0 fully saturated rings. The van der Waals surface area contributed by atoms with Crippen LogP contribution in [-0.4, -0.2) is 23.6 Å². The fraction of sp³-hybridized carbons (Fsp3) is 0.333. The highest BCUT2D eigenvalue weighted by molar-refractivity contribution is 5.36. The van der Waals surface area contributed by atoms with Crippen LogP contribution in [0.1, 0.15) is 29.7 Å². The highest BCUT2D eigenvalue weighted by Crippen LogP contribution is 2.25. The van der Waals surface area contributed by atoms with Crippen LogP contribution in [0.25, 0.3) is 0 Å². The Morgan fingerprint density at radius 1 is 1.26 bits per heavy atom. The largest absolute Gasteiger partial charge is 0.495 e. The van der Waals surface area contributed by atoms with E-state index in [-0.39, 0.29) is 6.04 Å². The topological polar surface area (TPSA) is 47.0 Å². The summed E-state index contributed by atoms with van der Waals surface area (Å²) >= 11 is 0. The van der Waals surface area contributed by atoms with Crippen molar-refractivity contribution in [3.8, 4) is 5.75 Å². The van der Waals surface area contributed by atoms with Gasteiger partial charge in [-0.3, -0.25) is 9.97 Å². The van der Waals surface area contributed by atoms with Crippen LogP contribution < -0.4 is 10.1 Å². The molecule has 2 rings (SSSR count). The number of pyridine rings is 2. The summed E-state index contributed by atoms with van der Waals surface area (Å²) < 4.78 is 5.25. The summed E-state index contributed by atoms with van der Waals surface area (Å²) in [5.41, 5.74) is 3.47. The van der Waals surface area contributed by atoms with E-state index in [4.69, 9.17) is 4.74 Å². The number of aryl methyl sites for hydroxylation is 1. The molecule has 4 heteroatoms. The van der Waals surface area contributed by atoms with Gasteiger partial charge in [0.2, 0.25) is 0 Å². The number of methoxy groups -OCH3 is 1. The SMILES string of the molecule is CCNC(c1cncc(OC)c1)c1ccncc1C. The Morgan fingerprint density at radius 3 is 2.79 bits per heavy atom. The summed E-state index contributed by atoms with van der Waals surface area (Å²) in [5, 5.41) is 3.48. The number of aromatic nitrogens is 2. The number of hydrogen-bond acceptors (Lipinski definition) is 4. The van der Waals surface area contributed by atoms with E-state index in [9.17, 15) is 0 Å². The summed E-state index contributed by atoms with van der Waals surface area (Å²) in [7, 11) is 1.65. The first-order valence-electron chi connectivity index (χ1n) is 6.39. The van der Waals surface area contributed by atoms with Gasteiger partial charge >= 0.3 is 0 Å². The van der Waals surface area contributed by atoms with Crippen molar-refractivity contribution in [2.24, 2.45) is 0 Å². The van der Waals surface area contributed by atoms with Gasteiger partial charge < -0.3 is 10.1 Å². The van der Waals surface area contributed by atoms with Crippen molar-refractivity contribution in [3.05, 3.63) is 53.6 Å². The zero-order chi connectivity index (χ0) is 13.7. The predicted octanol–water partition coefficient (Wildman–Crippen LogP) is 2.49. The number of hydrogen-bond donors (Lipinski definition) is 1. The molecule has 4 nitrogen and oxygen atoms in total. The van der Waals surface area contributed by atoms with Gasteiger partial charge in [-0.05, 0) is 42.3 Å². The molecule has 2 aromatic heterocycles. The first-order valence-corrected chi connectivity index (χ1v) is 6.39. The molecule has 2 aromatic rings. The van der Waals surface area contributed by atoms with E-state index in [1.165, 1.54) is 5.56 Å². The minimum atomic E-state index is 0.107. The third-order valence-corrected chi connectivity index (χ3v) is 3.09. The van der Waals surface area contributed by atoms with E-state index in [1.807, 2.05) is 30.7 Å². The van der Waals surface area contributed by atoms with Gasteiger partial charge in [-0.15, -0.1) is 0 Å². The number of nitrogens with zero attached hydrogens (tertiary/aromatic N) is 2. The van der Waals surface area contributed by atoms with Crippen molar-refractivity contribution in [1.29, 1.82) is 0 Å². The normalized spacial score (nSPS) is 12.2. The fourth-order valence-electron chi connectivity index (χ4n) is 2.12. The van der Waals surface area contributed by atoms with E-state index in [2.05, 4.69) is 29.1 Å². The molecule has 0 spiro atoms. The van der Waals surface area contributed by atoms with Crippen molar-refractivity contribution >= 4 is 0 Å². The molecule has 100 valence electrons. The fourth-order valence-corrected chi connectivity index (χ4v) is 2.12. The van der Waals surface area contributed by atoms with E-state index in [0.717, 1.165) is 23.4 Å². The van der Waals surface area contributed by atoms with Crippen LogP contribution in [0.15, 0.2) is 36.9 Å². The minimum Gasteiger partial charge on any atom is -0.495 e. The molecule has 0 bridgehead atoms. The maximum Gasteiger partial charge on any atom is 0.137 e. The van der Waals surface area contributed by atoms with Gasteiger partial charge in [0.1, 0.15) is 5.75 Å². The van der Waals surface area contributed by atoms with Crippen molar-refractivity contribution < 1.29 is 4.74 Å². The standard InChI is InChI=1S/C15H19N3O/c1-4-18-15(14-5-6-16-8-11(14)2)12-7-13(19-3)10-17-9-12/h5-10,15,18H,4H2,1-3H3. The van der Waals surface area contributed by atoms with E-state index in [1.54, 1.807) is 13.3 Å². The van der Waals surface area contributed by atoms with Crippen LogP contribution in [-0.2, 0) is 0 Å². The van der Waals surface area contributed by atoms with Crippen LogP contribution in [0, 0.1) is 6.92 Å². The predicted molar refractivity (Wildman–Crippen MR) is 75.3 cm³/mol. The van der Waals surface area contributed by atoms with Crippen molar-refractivity contribution in [2.45, 2.75) is 19.9 Å². The molecule has 0 amide bonds. The lowest BCUT2D eigenvalue weighted by molar-refractivity contribution is 0.411. The molecule has 0 saturated carbocycles. The lowest BCUT2D eigenvalue weighted by Crippen LogP contribution is -2.23. The average Bonchev–Trinajstić information content (AvgIpc) is 2.46. The summed E-state index contributed by atoms with van der Waals surface area (Å²) in [4.78, 5) is 8.38. The van der Waals surface area contributed by atoms with Gasteiger partial charge in [0, 0.05) is 18.6 Å². The van der Waals surface area contributed by atoms with Crippen LogP contribution in [0.5, 0.6) is 5.75 Å². The van der Waals surface area contributed by atoms with Gasteiger partial charge in [-0.2, -0.15) is 0 Å². The molecule has 0 radical (unpaired) electrons. The minimum absolute atomic E-state index is 0.107. The summed E-state index contributed by atoms with van der Waals surface area (Å²) in [5.74, 6) is 0.770. The Labute approximate surface area is 113 Å². The van der Waals surface area contributed by atoms with Crippen LogP contribution in [0.3, 0.4) is 0 Å². The van der Waals surface area contributed by atoms with Gasteiger partial charge in [0.05, 0.1) is 19.3 Å². The molecule has 0 aliphatic rings. The van der Waals surface area contributed by atoms with E-state index < -0.39 is 0 Å². The molecule has 0 aromatic carbocycles. The van der Waals surface area contributed by atoms with Gasteiger partial charge in [0.25, 0.3) is 0 Å². The Kier molecular flexibility index (Phi) is 4.47. The second kappa shape index (κ2) is 6.29. The maximum atomic E-state index is 5.25. The monoisotopic (exact) mass is 257 g/mol. The molecule has 1 atom stereocenters. The van der Waals surface area contributed by atoms with Crippen LogP contribution in [0.2, 0.25) is 0 Å². The third-order valence-electron chi connectivity index (χ3n) is 3.09. The van der Waals surface area contributed by atoms with Crippen molar-refractivity contribution in [1.82, 2.24) is 15.3 Å². The first kappa shape index (κ1) is 13.5. The summed E-state index contributed by atoms with van der Waals surface area (Å²) in [6.07, 6.45) is 7.29. The molecule has 0 aliphatic carbocycles. The highest BCUT2D eigenvalue weighted by atomic mass is 16.5. The van der Waals surface area contributed by atoms with Crippen molar-refractivity contribution in [3.63, 3.8) is 0 Å². The second-order valence-electron chi connectivity index (χ2n) is 4.38. The first-order chi connectivity index (χ1) is 9.26. The van der Waals surface area contributed by atoms with Gasteiger partial charge in [-0.25, -0.2) is 0 Å². The quantitative estimate of drug-likeness (QED) is 0.894. The summed E-state index contributed by atoms with van der Waals surface area (Å²) in [6, 6.07) is 4.16. The van der Waals surface area contributed by atoms with Crippen molar-refractivity contribution in [2.75, 3.05) is 13.7 Å². The lowest BCUT2D eigenvalue weighted by atomic mass is 9.97. The molecular weight excluding hydrogens is 238 g/mol. The Balaban J connectivity index is 2.42. The Morgan fingerprint density at radius 2 is 2.11 bits per heavy atom. The molecule has 1 N–H and O–H groups in total. The molecule has 0 saturated heterocycles. The van der Waals surface area contributed by atoms with E-state index >= 15 is 0 Å². The zero-order valence-corrected chi connectivity index (χ0v) is 11.6. The van der Waals surface area contributed by atoms with Crippen LogP contribution in [0.4, 0.5) is 0 Å². The van der Waals surface area contributed by atoms with Crippen LogP contribution >= 0.6 is 0 Å². The zero-order valence-electron chi connectivity index (χ0n) is 11.6. The molecule has 1 unspecified atom stereocenters. The average molecular weight is 257 g/mol. The van der Waals surface area contributed by atoms with Gasteiger partial charge in [-0.1, -0.05) is 6.92 Å². The Hall–Kier alpha value is -1.94. The molecular formula is C15H19N3O. The smallest absolute Gasteiger partial charge is 0.137 e.